The van der Waals surface area contributed by atoms with Gasteiger partial charge in [0.1, 0.15) is 5.75 Å². The van der Waals surface area contributed by atoms with Crippen molar-refractivity contribution < 1.29 is 9.32 Å². The zero-order valence-corrected chi connectivity index (χ0v) is 13.2. The van der Waals surface area contributed by atoms with Crippen molar-refractivity contribution in [2.45, 2.75) is 30.8 Å². The first-order valence-electron chi connectivity index (χ1n) is 7.05. The minimum Gasteiger partial charge on any atom is -0.508 e. The van der Waals surface area contributed by atoms with Crippen molar-refractivity contribution >= 4 is 10.8 Å². The van der Waals surface area contributed by atoms with Gasteiger partial charge in [-0.2, -0.15) is 0 Å². The number of para-hydroxylation sites is 1. The summed E-state index contributed by atoms with van der Waals surface area (Å²) in [5, 5.41) is 13.4. The molecule has 0 saturated heterocycles. The molecule has 21 heavy (non-hydrogen) atoms. The molecule has 2 rings (SSSR count). The minimum atomic E-state index is -0.938. The van der Waals surface area contributed by atoms with E-state index < -0.39 is 10.8 Å². The van der Waals surface area contributed by atoms with Crippen LogP contribution in [-0.2, 0) is 17.3 Å². The summed E-state index contributed by atoms with van der Waals surface area (Å²) in [7, 11) is -0.938. The van der Waals surface area contributed by atoms with Crippen LogP contribution >= 0.6 is 0 Å². The number of nitrogens with one attached hydrogen (secondary N) is 1. The van der Waals surface area contributed by atoms with Crippen LogP contribution in [0.25, 0.3) is 0 Å². The highest BCUT2D eigenvalue weighted by Gasteiger charge is 2.12. The Kier molecular flexibility index (Phi) is 5.53. The fraction of sp³-hybridized carbons (Fsp3) is 0.294. The molecule has 0 aliphatic rings. The van der Waals surface area contributed by atoms with Crippen molar-refractivity contribution in [1.82, 2.24) is 5.32 Å². The average molecular weight is 303 g/mol. The maximum Gasteiger partial charge on any atom is 0.120 e. The summed E-state index contributed by atoms with van der Waals surface area (Å²) in [5.74, 6) is 0.327. The van der Waals surface area contributed by atoms with Crippen LogP contribution in [0.5, 0.6) is 5.75 Å². The van der Waals surface area contributed by atoms with Gasteiger partial charge in [-0.15, -0.1) is 0 Å². The van der Waals surface area contributed by atoms with Crippen LogP contribution < -0.4 is 5.32 Å². The Morgan fingerprint density at radius 2 is 1.81 bits per heavy atom. The number of rotatable bonds is 6. The van der Waals surface area contributed by atoms with Gasteiger partial charge in [0.05, 0.1) is 0 Å². The van der Waals surface area contributed by atoms with Gasteiger partial charge in [-0.25, -0.2) is 0 Å². The normalized spacial score (nSPS) is 13.8. The summed E-state index contributed by atoms with van der Waals surface area (Å²) in [5.41, 5.74) is 2.06. The first-order valence-corrected chi connectivity index (χ1v) is 8.61. The van der Waals surface area contributed by atoms with Crippen molar-refractivity contribution in [3.05, 3.63) is 59.7 Å². The molecule has 2 aromatic rings. The van der Waals surface area contributed by atoms with Gasteiger partial charge in [0, 0.05) is 40.1 Å². The number of benzene rings is 2. The van der Waals surface area contributed by atoms with Gasteiger partial charge in [0.25, 0.3) is 0 Å². The molecule has 0 spiro atoms. The molecule has 2 N–H and O–H groups in total. The Balaban J connectivity index is 2.03. The van der Waals surface area contributed by atoms with Gasteiger partial charge in [-0.05, 0) is 30.2 Å². The van der Waals surface area contributed by atoms with E-state index in [0.717, 1.165) is 22.4 Å². The summed E-state index contributed by atoms with van der Waals surface area (Å²) in [6.45, 7) is 2.80. The van der Waals surface area contributed by atoms with E-state index in [1.165, 1.54) is 0 Å². The lowest BCUT2D eigenvalue weighted by Gasteiger charge is -2.18. The maximum absolute atomic E-state index is 11.4. The van der Waals surface area contributed by atoms with Crippen molar-refractivity contribution in [1.29, 1.82) is 0 Å². The first kappa shape index (κ1) is 15.7. The third-order valence-electron chi connectivity index (χ3n) is 3.53. The molecular weight excluding hydrogens is 282 g/mol. The SMILES string of the molecule is CCC(NCc1ccc(S(C)=O)cc1)c1ccccc1O. The molecule has 2 aromatic carbocycles. The van der Waals surface area contributed by atoms with Crippen molar-refractivity contribution in [3.63, 3.8) is 0 Å². The number of hydrogen-bond donors (Lipinski definition) is 2. The molecule has 3 nitrogen and oxygen atoms in total. The Bertz CT molecular complexity index is 610. The fourth-order valence-electron chi connectivity index (χ4n) is 2.30. The Labute approximate surface area is 128 Å². The van der Waals surface area contributed by atoms with E-state index >= 15 is 0 Å². The molecule has 2 unspecified atom stereocenters. The molecule has 0 saturated carbocycles. The third-order valence-corrected chi connectivity index (χ3v) is 4.46. The Morgan fingerprint density at radius 1 is 1.14 bits per heavy atom. The van der Waals surface area contributed by atoms with Gasteiger partial charge in [-0.3, -0.25) is 4.21 Å². The first-order chi connectivity index (χ1) is 10.1. The zero-order chi connectivity index (χ0) is 15.2. The van der Waals surface area contributed by atoms with E-state index in [0.29, 0.717) is 12.3 Å². The zero-order valence-electron chi connectivity index (χ0n) is 12.4. The van der Waals surface area contributed by atoms with E-state index in [9.17, 15) is 9.32 Å². The summed E-state index contributed by atoms with van der Waals surface area (Å²) < 4.78 is 11.4. The number of phenols is 1. The van der Waals surface area contributed by atoms with Gasteiger partial charge >= 0.3 is 0 Å². The highest BCUT2D eigenvalue weighted by molar-refractivity contribution is 7.84. The van der Waals surface area contributed by atoms with Crippen LogP contribution in [0, 0.1) is 0 Å². The van der Waals surface area contributed by atoms with E-state index in [1.807, 2.05) is 42.5 Å². The molecule has 0 aromatic heterocycles. The standard InChI is InChI=1S/C17H21NO2S/c1-3-16(15-6-4-5-7-17(15)19)18-12-13-8-10-14(11-9-13)21(2)20/h4-11,16,18-19H,3,12H2,1-2H3. The van der Waals surface area contributed by atoms with Crippen molar-refractivity contribution in [2.24, 2.45) is 0 Å². The van der Waals surface area contributed by atoms with E-state index in [4.69, 9.17) is 0 Å². The van der Waals surface area contributed by atoms with E-state index in [-0.39, 0.29) is 6.04 Å². The highest BCUT2D eigenvalue weighted by Crippen LogP contribution is 2.26. The largest absolute Gasteiger partial charge is 0.508 e. The molecule has 4 heteroatoms. The highest BCUT2D eigenvalue weighted by atomic mass is 32.2. The van der Waals surface area contributed by atoms with Crippen molar-refractivity contribution in [2.75, 3.05) is 6.26 Å². The van der Waals surface area contributed by atoms with Gasteiger partial charge in [0.15, 0.2) is 0 Å². The van der Waals surface area contributed by atoms with Crippen LogP contribution in [0.2, 0.25) is 0 Å². The second-order valence-corrected chi connectivity index (χ2v) is 6.38. The van der Waals surface area contributed by atoms with Crippen LogP contribution in [0.15, 0.2) is 53.4 Å². The molecule has 0 aliphatic heterocycles. The lowest BCUT2D eigenvalue weighted by molar-refractivity contribution is 0.441. The molecule has 112 valence electrons. The van der Waals surface area contributed by atoms with E-state index in [2.05, 4.69) is 12.2 Å². The van der Waals surface area contributed by atoms with Crippen LogP contribution in [-0.4, -0.2) is 15.6 Å². The monoisotopic (exact) mass is 303 g/mol. The molecular formula is C17H21NO2S. The molecule has 0 bridgehead atoms. The molecule has 0 aliphatic carbocycles. The lowest BCUT2D eigenvalue weighted by atomic mass is 10.0. The lowest BCUT2D eigenvalue weighted by Crippen LogP contribution is -2.20. The summed E-state index contributed by atoms with van der Waals surface area (Å²) >= 11 is 0. The topological polar surface area (TPSA) is 49.3 Å². The quantitative estimate of drug-likeness (QED) is 0.860. The van der Waals surface area contributed by atoms with Gasteiger partial charge in [0.2, 0.25) is 0 Å². The van der Waals surface area contributed by atoms with Crippen LogP contribution in [0.3, 0.4) is 0 Å². The second kappa shape index (κ2) is 7.38. The average Bonchev–Trinajstić information content (AvgIpc) is 2.50. The summed E-state index contributed by atoms with van der Waals surface area (Å²) in [6, 6.07) is 15.3. The van der Waals surface area contributed by atoms with E-state index in [1.54, 1.807) is 12.3 Å². The smallest absolute Gasteiger partial charge is 0.120 e. The van der Waals surface area contributed by atoms with Crippen molar-refractivity contribution in [3.8, 4) is 5.75 Å². The van der Waals surface area contributed by atoms with Gasteiger partial charge < -0.3 is 10.4 Å². The molecule has 0 fully saturated rings. The molecule has 0 radical (unpaired) electrons. The van der Waals surface area contributed by atoms with Crippen LogP contribution in [0.1, 0.15) is 30.5 Å². The molecule has 0 amide bonds. The summed E-state index contributed by atoms with van der Waals surface area (Å²) in [6.07, 6.45) is 2.58. The predicted octanol–water partition coefficient (Wildman–Crippen LogP) is 3.37. The van der Waals surface area contributed by atoms with Crippen LogP contribution in [0.4, 0.5) is 0 Å². The third kappa shape index (κ3) is 4.16. The molecule has 2 atom stereocenters. The second-order valence-electron chi connectivity index (χ2n) is 5.00. The minimum absolute atomic E-state index is 0.117. The number of aromatic hydroxyl groups is 1. The predicted molar refractivity (Wildman–Crippen MR) is 86.8 cm³/mol. The number of phenolic OH excluding ortho intramolecular Hbond substituents is 1. The summed E-state index contributed by atoms with van der Waals surface area (Å²) in [4.78, 5) is 0.839. The molecule has 0 heterocycles. The Hall–Kier alpha value is -1.65. The Morgan fingerprint density at radius 3 is 2.38 bits per heavy atom. The fourth-order valence-corrected chi connectivity index (χ4v) is 2.82. The van der Waals surface area contributed by atoms with Gasteiger partial charge in [-0.1, -0.05) is 37.3 Å². The maximum atomic E-state index is 11.4. The number of hydrogen-bond acceptors (Lipinski definition) is 3.